The van der Waals surface area contributed by atoms with Gasteiger partial charge in [0.05, 0.1) is 4.99 Å². The average molecular weight is 270 g/mol. The molecule has 0 saturated heterocycles. The topological polar surface area (TPSA) is 55.1 Å². The van der Waals surface area contributed by atoms with Crippen molar-refractivity contribution in [2.24, 2.45) is 11.7 Å². The highest BCUT2D eigenvalue weighted by atomic mass is 32.1. The van der Waals surface area contributed by atoms with E-state index in [0.717, 1.165) is 12.8 Å². The number of thiophene rings is 1. The number of aryl methyl sites for hydroxylation is 1. The molecule has 5 heteroatoms. The number of hydrogen-bond acceptors (Lipinski definition) is 3. The molecular weight excluding hydrogens is 252 g/mol. The second-order valence-corrected chi connectivity index (χ2v) is 5.54. The van der Waals surface area contributed by atoms with Gasteiger partial charge in [0.2, 0.25) is 5.91 Å². The maximum atomic E-state index is 11.5. The van der Waals surface area contributed by atoms with Gasteiger partial charge < -0.3 is 11.1 Å². The van der Waals surface area contributed by atoms with E-state index in [1.54, 1.807) is 11.3 Å². The summed E-state index contributed by atoms with van der Waals surface area (Å²) in [6, 6.07) is 4.13. The summed E-state index contributed by atoms with van der Waals surface area (Å²) in [4.78, 5) is 13.3. The summed E-state index contributed by atoms with van der Waals surface area (Å²) < 4.78 is 0. The molecule has 0 saturated carbocycles. The highest BCUT2D eigenvalue weighted by Gasteiger charge is 2.07. The van der Waals surface area contributed by atoms with Crippen LogP contribution in [0.15, 0.2) is 17.5 Å². The lowest BCUT2D eigenvalue weighted by Crippen LogP contribution is -2.33. The van der Waals surface area contributed by atoms with Crippen LogP contribution in [0.2, 0.25) is 0 Å². The SMILES string of the molecule is CC(CNC(=O)CCCc1cccs1)C(N)=S. The Morgan fingerprint density at radius 1 is 1.65 bits per heavy atom. The van der Waals surface area contributed by atoms with Crippen LogP contribution in [-0.2, 0) is 11.2 Å². The van der Waals surface area contributed by atoms with Crippen molar-refractivity contribution >= 4 is 34.5 Å². The first kappa shape index (κ1) is 14.1. The van der Waals surface area contributed by atoms with E-state index in [1.165, 1.54) is 4.88 Å². The highest BCUT2D eigenvalue weighted by Crippen LogP contribution is 2.11. The van der Waals surface area contributed by atoms with Crippen LogP contribution in [0, 0.1) is 5.92 Å². The van der Waals surface area contributed by atoms with Crippen molar-refractivity contribution in [3.8, 4) is 0 Å². The molecular formula is C12H18N2OS2. The van der Waals surface area contributed by atoms with Crippen LogP contribution in [0.1, 0.15) is 24.6 Å². The minimum atomic E-state index is 0.0613. The molecule has 1 amide bonds. The molecule has 0 aliphatic heterocycles. The number of amides is 1. The van der Waals surface area contributed by atoms with Gasteiger partial charge in [0.25, 0.3) is 0 Å². The molecule has 1 unspecified atom stereocenters. The lowest BCUT2D eigenvalue weighted by Gasteiger charge is -2.10. The third-order valence-corrected chi connectivity index (χ3v) is 3.84. The Hall–Kier alpha value is -0.940. The van der Waals surface area contributed by atoms with E-state index >= 15 is 0 Å². The summed E-state index contributed by atoms with van der Waals surface area (Å²) in [7, 11) is 0. The summed E-state index contributed by atoms with van der Waals surface area (Å²) in [5, 5.41) is 4.90. The molecule has 1 aromatic heterocycles. The largest absolute Gasteiger partial charge is 0.393 e. The van der Waals surface area contributed by atoms with Crippen molar-refractivity contribution in [3.05, 3.63) is 22.4 Å². The van der Waals surface area contributed by atoms with Crippen LogP contribution in [0.3, 0.4) is 0 Å². The average Bonchev–Trinajstić information content (AvgIpc) is 2.78. The molecule has 17 heavy (non-hydrogen) atoms. The second kappa shape index (κ2) is 7.40. The van der Waals surface area contributed by atoms with E-state index in [4.69, 9.17) is 18.0 Å². The first-order valence-electron chi connectivity index (χ1n) is 5.68. The minimum absolute atomic E-state index is 0.0613. The van der Waals surface area contributed by atoms with Gasteiger partial charge in [-0.15, -0.1) is 11.3 Å². The number of rotatable bonds is 7. The number of thiocarbonyl (C=S) groups is 1. The highest BCUT2D eigenvalue weighted by molar-refractivity contribution is 7.80. The van der Waals surface area contributed by atoms with Gasteiger partial charge in [-0.2, -0.15) is 0 Å². The summed E-state index contributed by atoms with van der Waals surface area (Å²) >= 11 is 6.57. The van der Waals surface area contributed by atoms with Crippen molar-refractivity contribution in [2.75, 3.05) is 6.54 Å². The molecule has 0 radical (unpaired) electrons. The lowest BCUT2D eigenvalue weighted by molar-refractivity contribution is -0.121. The zero-order valence-corrected chi connectivity index (χ0v) is 11.6. The molecule has 0 aliphatic rings. The van der Waals surface area contributed by atoms with Crippen LogP contribution in [0.25, 0.3) is 0 Å². The first-order chi connectivity index (χ1) is 8.09. The molecule has 94 valence electrons. The van der Waals surface area contributed by atoms with Crippen molar-refractivity contribution in [1.29, 1.82) is 0 Å². The molecule has 3 nitrogen and oxygen atoms in total. The Kier molecular flexibility index (Phi) is 6.15. The fourth-order valence-electron chi connectivity index (χ4n) is 1.33. The van der Waals surface area contributed by atoms with Gasteiger partial charge in [0, 0.05) is 23.8 Å². The summed E-state index contributed by atoms with van der Waals surface area (Å²) in [6.07, 6.45) is 2.41. The van der Waals surface area contributed by atoms with Gasteiger partial charge in [-0.05, 0) is 24.3 Å². The van der Waals surface area contributed by atoms with Crippen LogP contribution < -0.4 is 11.1 Å². The Morgan fingerprint density at radius 3 is 3.00 bits per heavy atom. The van der Waals surface area contributed by atoms with Gasteiger partial charge in [0.1, 0.15) is 0 Å². The van der Waals surface area contributed by atoms with Crippen molar-refractivity contribution in [1.82, 2.24) is 5.32 Å². The maximum absolute atomic E-state index is 11.5. The summed E-state index contributed by atoms with van der Waals surface area (Å²) in [6.45, 7) is 2.45. The standard InChI is InChI=1S/C12H18N2OS2/c1-9(12(13)16)8-14-11(15)6-2-4-10-5-3-7-17-10/h3,5,7,9H,2,4,6,8H2,1H3,(H2,13,16)(H,14,15). The van der Waals surface area contributed by atoms with Crippen LogP contribution in [-0.4, -0.2) is 17.4 Å². The number of carbonyl (C=O) groups excluding carboxylic acids is 1. The third-order valence-electron chi connectivity index (χ3n) is 2.50. The van der Waals surface area contributed by atoms with Crippen molar-refractivity contribution in [3.63, 3.8) is 0 Å². The normalized spacial score (nSPS) is 12.1. The third kappa shape index (κ3) is 5.79. The monoisotopic (exact) mass is 270 g/mol. The van der Waals surface area contributed by atoms with Crippen molar-refractivity contribution < 1.29 is 4.79 Å². The van der Waals surface area contributed by atoms with E-state index in [2.05, 4.69) is 16.8 Å². The van der Waals surface area contributed by atoms with E-state index < -0.39 is 0 Å². The quantitative estimate of drug-likeness (QED) is 0.746. The Bertz CT molecular complexity index is 363. The minimum Gasteiger partial charge on any atom is -0.393 e. The summed E-state index contributed by atoms with van der Waals surface area (Å²) in [5.74, 6) is 0.135. The molecule has 1 atom stereocenters. The Morgan fingerprint density at radius 2 is 2.41 bits per heavy atom. The molecule has 1 aromatic rings. The van der Waals surface area contributed by atoms with Crippen LogP contribution >= 0.6 is 23.6 Å². The van der Waals surface area contributed by atoms with Crippen LogP contribution in [0.5, 0.6) is 0 Å². The van der Waals surface area contributed by atoms with Gasteiger partial charge in [-0.25, -0.2) is 0 Å². The molecule has 0 spiro atoms. The molecule has 1 rings (SSSR count). The molecule has 1 heterocycles. The zero-order valence-electron chi connectivity index (χ0n) is 9.94. The number of nitrogens with two attached hydrogens (primary N) is 1. The predicted octanol–water partition coefficient (Wildman–Crippen LogP) is 2.11. The molecule has 0 aliphatic carbocycles. The lowest BCUT2D eigenvalue weighted by atomic mass is 10.1. The van der Waals surface area contributed by atoms with Crippen LogP contribution in [0.4, 0.5) is 0 Å². The van der Waals surface area contributed by atoms with Gasteiger partial charge in [-0.3, -0.25) is 4.79 Å². The Labute approximate surface area is 111 Å². The van der Waals surface area contributed by atoms with Gasteiger partial charge in [-0.1, -0.05) is 25.2 Å². The molecule has 0 fully saturated rings. The second-order valence-electron chi connectivity index (χ2n) is 4.04. The van der Waals surface area contributed by atoms with E-state index in [1.807, 2.05) is 13.0 Å². The first-order valence-corrected chi connectivity index (χ1v) is 6.96. The molecule has 0 bridgehead atoms. The Balaban J connectivity index is 2.11. The van der Waals surface area contributed by atoms with Crippen molar-refractivity contribution in [2.45, 2.75) is 26.2 Å². The van der Waals surface area contributed by atoms with E-state index in [9.17, 15) is 4.79 Å². The predicted molar refractivity (Wildman–Crippen MR) is 76.2 cm³/mol. The summed E-state index contributed by atoms with van der Waals surface area (Å²) in [5.41, 5.74) is 5.47. The fraction of sp³-hybridized carbons (Fsp3) is 0.500. The van der Waals surface area contributed by atoms with Gasteiger partial charge >= 0.3 is 0 Å². The number of nitrogens with one attached hydrogen (secondary N) is 1. The molecule has 0 aromatic carbocycles. The molecule has 3 N–H and O–H groups in total. The smallest absolute Gasteiger partial charge is 0.220 e. The maximum Gasteiger partial charge on any atom is 0.220 e. The number of carbonyl (C=O) groups is 1. The fourth-order valence-corrected chi connectivity index (χ4v) is 2.17. The zero-order chi connectivity index (χ0) is 12.7. The number of hydrogen-bond donors (Lipinski definition) is 2. The van der Waals surface area contributed by atoms with Gasteiger partial charge in [0.15, 0.2) is 0 Å². The van der Waals surface area contributed by atoms with E-state index in [-0.39, 0.29) is 11.8 Å². The van der Waals surface area contributed by atoms with E-state index in [0.29, 0.717) is 18.0 Å².